The third-order valence-corrected chi connectivity index (χ3v) is 4.96. The summed E-state index contributed by atoms with van der Waals surface area (Å²) in [6, 6.07) is 19.6. The summed E-state index contributed by atoms with van der Waals surface area (Å²) in [7, 11) is 0. The molecule has 3 aromatic heterocycles. The Hall–Kier alpha value is -3.25. The predicted molar refractivity (Wildman–Crippen MR) is 108 cm³/mol. The zero-order chi connectivity index (χ0) is 18.5. The monoisotopic (exact) mass is 374 g/mol. The third kappa shape index (κ3) is 4.12. The number of nitrogens with zero attached hydrogens (tertiary/aromatic N) is 3. The minimum Gasteiger partial charge on any atom is -0.343 e. The number of thiazole rings is 1. The summed E-state index contributed by atoms with van der Waals surface area (Å²) in [6.07, 6.45) is 4.53. The van der Waals surface area contributed by atoms with E-state index in [1.807, 2.05) is 64.7 Å². The molecular weight excluding hydrogens is 356 g/mol. The first-order valence-corrected chi connectivity index (χ1v) is 9.55. The van der Waals surface area contributed by atoms with E-state index in [4.69, 9.17) is 0 Å². The lowest BCUT2D eigenvalue weighted by molar-refractivity contribution is 0.101. The molecule has 4 rings (SSSR count). The maximum atomic E-state index is 12.7. The van der Waals surface area contributed by atoms with Crippen LogP contribution in [0.1, 0.15) is 16.1 Å². The molecule has 134 valence electrons. The maximum Gasteiger partial charge on any atom is 0.274 e. The number of carbonyl (C=O) groups excluding carboxylic acids is 1. The fraction of sp³-hybridized carbons (Fsp3) is 0.0952. The second-order valence-electron chi connectivity index (χ2n) is 6.03. The van der Waals surface area contributed by atoms with Crippen molar-refractivity contribution >= 4 is 22.4 Å². The van der Waals surface area contributed by atoms with E-state index in [2.05, 4.69) is 27.4 Å². The van der Waals surface area contributed by atoms with Gasteiger partial charge >= 0.3 is 0 Å². The number of hydrogen-bond donors (Lipinski definition) is 1. The molecule has 0 radical (unpaired) electrons. The highest BCUT2D eigenvalue weighted by Gasteiger charge is 2.13. The van der Waals surface area contributed by atoms with Gasteiger partial charge in [0.05, 0.1) is 5.69 Å². The van der Waals surface area contributed by atoms with Crippen molar-refractivity contribution in [3.63, 3.8) is 0 Å². The van der Waals surface area contributed by atoms with E-state index in [1.54, 1.807) is 6.20 Å². The van der Waals surface area contributed by atoms with Gasteiger partial charge in [-0.05, 0) is 36.2 Å². The van der Waals surface area contributed by atoms with Gasteiger partial charge in [0.15, 0.2) is 5.13 Å². The Bertz CT molecular complexity index is 1020. The average Bonchev–Trinajstić information content (AvgIpc) is 3.37. The van der Waals surface area contributed by atoms with Crippen molar-refractivity contribution in [2.45, 2.75) is 13.0 Å². The number of nitrogens with one attached hydrogen (secondary N) is 1. The van der Waals surface area contributed by atoms with Gasteiger partial charge in [-0.1, -0.05) is 36.4 Å². The van der Waals surface area contributed by atoms with Gasteiger partial charge in [-0.15, -0.1) is 11.3 Å². The summed E-state index contributed by atoms with van der Waals surface area (Å²) in [5.41, 5.74) is 3.42. The maximum absolute atomic E-state index is 12.7. The highest BCUT2D eigenvalue weighted by molar-refractivity contribution is 7.14. The molecule has 0 spiro atoms. The minimum absolute atomic E-state index is 0.157. The molecule has 0 unspecified atom stereocenters. The number of rotatable bonds is 6. The lowest BCUT2D eigenvalue weighted by atomic mass is 10.1. The van der Waals surface area contributed by atoms with E-state index in [9.17, 15) is 4.79 Å². The normalized spacial score (nSPS) is 10.7. The molecule has 5 nitrogen and oxygen atoms in total. The Kier molecular flexibility index (Phi) is 5.07. The van der Waals surface area contributed by atoms with Crippen molar-refractivity contribution in [1.82, 2.24) is 14.5 Å². The molecule has 27 heavy (non-hydrogen) atoms. The molecule has 0 aliphatic rings. The van der Waals surface area contributed by atoms with Crippen LogP contribution in [0.2, 0.25) is 0 Å². The Morgan fingerprint density at radius 2 is 1.85 bits per heavy atom. The number of carbonyl (C=O) groups is 1. The van der Waals surface area contributed by atoms with Gasteiger partial charge in [-0.2, -0.15) is 0 Å². The van der Waals surface area contributed by atoms with Crippen molar-refractivity contribution < 1.29 is 4.79 Å². The fourth-order valence-corrected chi connectivity index (χ4v) is 3.53. The highest BCUT2D eigenvalue weighted by atomic mass is 32.1. The number of benzene rings is 1. The molecule has 0 aliphatic carbocycles. The molecule has 1 amide bonds. The molecule has 3 heterocycles. The van der Waals surface area contributed by atoms with Crippen LogP contribution in [-0.4, -0.2) is 20.4 Å². The van der Waals surface area contributed by atoms with E-state index in [-0.39, 0.29) is 5.91 Å². The van der Waals surface area contributed by atoms with Gasteiger partial charge in [-0.3, -0.25) is 15.1 Å². The summed E-state index contributed by atoms with van der Waals surface area (Å²) in [4.78, 5) is 21.4. The van der Waals surface area contributed by atoms with E-state index in [0.29, 0.717) is 10.8 Å². The Balaban J connectivity index is 1.43. The topological polar surface area (TPSA) is 59.8 Å². The first kappa shape index (κ1) is 17.2. The molecule has 0 atom stereocenters. The van der Waals surface area contributed by atoms with Crippen LogP contribution in [0.25, 0.3) is 11.4 Å². The van der Waals surface area contributed by atoms with Crippen molar-refractivity contribution in [1.29, 1.82) is 0 Å². The van der Waals surface area contributed by atoms with E-state index < -0.39 is 0 Å². The van der Waals surface area contributed by atoms with Crippen LogP contribution in [0.5, 0.6) is 0 Å². The first-order chi connectivity index (χ1) is 13.3. The number of pyridine rings is 1. The zero-order valence-corrected chi connectivity index (χ0v) is 15.4. The number of hydrogen-bond acceptors (Lipinski definition) is 4. The lowest BCUT2D eigenvalue weighted by Gasteiger charge is -2.09. The van der Waals surface area contributed by atoms with E-state index in [1.165, 1.54) is 16.9 Å². The molecule has 0 aliphatic heterocycles. The first-order valence-electron chi connectivity index (χ1n) is 8.67. The van der Waals surface area contributed by atoms with Crippen LogP contribution in [0.15, 0.2) is 78.4 Å². The Morgan fingerprint density at radius 1 is 1.00 bits per heavy atom. The molecule has 0 saturated carbocycles. The quantitative estimate of drug-likeness (QED) is 0.540. The van der Waals surface area contributed by atoms with E-state index >= 15 is 0 Å². The molecule has 1 aromatic carbocycles. The molecular formula is C21H18N4OS. The van der Waals surface area contributed by atoms with Crippen LogP contribution in [-0.2, 0) is 13.0 Å². The standard InChI is InChI=1S/C21H18N4OS/c26-20(24-21-23-18(15-27-21)17-9-4-5-12-22-17)19-10-6-13-25(19)14-11-16-7-2-1-3-8-16/h1-10,12-13,15H,11,14H2,(H,23,24,26). The summed E-state index contributed by atoms with van der Waals surface area (Å²) < 4.78 is 1.97. The average molecular weight is 374 g/mol. The molecule has 0 fully saturated rings. The molecule has 4 aromatic rings. The van der Waals surface area contributed by atoms with Gasteiger partial charge in [-0.25, -0.2) is 4.98 Å². The summed E-state index contributed by atoms with van der Waals surface area (Å²) in [5.74, 6) is -0.157. The largest absolute Gasteiger partial charge is 0.343 e. The molecule has 1 N–H and O–H groups in total. The highest BCUT2D eigenvalue weighted by Crippen LogP contribution is 2.23. The van der Waals surface area contributed by atoms with Crippen LogP contribution in [0, 0.1) is 0 Å². The van der Waals surface area contributed by atoms with Crippen molar-refractivity contribution in [3.8, 4) is 11.4 Å². The SMILES string of the molecule is O=C(Nc1nc(-c2ccccn2)cs1)c1cccn1CCc1ccccc1. The van der Waals surface area contributed by atoms with Gasteiger partial charge < -0.3 is 4.57 Å². The lowest BCUT2D eigenvalue weighted by Crippen LogP contribution is -2.17. The fourth-order valence-electron chi connectivity index (χ4n) is 2.83. The molecule has 0 bridgehead atoms. The third-order valence-electron chi connectivity index (χ3n) is 4.20. The van der Waals surface area contributed by atoms with Crippen LogP contribution in [0.3, 0.4) is 0 Å². The van der Waals surface area contributed by atoms with Crippen molar-refractivity contribution in [2.24, 2.45) is 0 Å². The van der Waals surface area contributed by atoms with Crippen LogP contribution >= 0.6 is 11.3 Å². The zero-order valence-electron chi connectivity index (χ0n) is 14.6. The summed E-state index contributed by atoms with van der Waals surface area (Å²) in [5, 5.41) is 5.35. The second kappa shape index (κ2) is 7.97. The molecule has 0 saturated heterocycles. The van der Waals surface area contributed by atoms with Gasteiger partial charge in [0.1, 0.15) is 11.4 Å². The number of amides is 1. The van der Waals surface area contributed by atoms with Crippen LogP contribution in [0.4, 0.5) is 5.13 Å². The number of anilines is 1. The molecule has 6 heteroatoms. The summed E-state index contributed by atoms with van der Waals surface area (Å²) >= 11 is 1.39. The van der Waals surface area contributed by atoms with Gasteiger partial charge in [0, 0.05) is 24.3 Å². The van der Waals surface area contributed by atoms with Crippen LogP contribution < -0.4 is 5.32 Å². The van der Waals surface area contributed by atoms with Gasteiger partial charge in [0.25, 0.3) is 5.91 Å². The number of aromatic nitrogens is 3. The second-order valence-corrected chi connectivity index (χ2v) is 6.89. The number of aryl methyl sites for hydroxylation is 2. The van der Waals surface area contributed by atoms with Gasteiger partial charge in [0.2, 0.25) is 0 Å². The van der Waals surface area contributed by atoms with E-state index in [0.717, 1.165) is 24.4 Å². The Labute approximate surface area is 161 Å². The Morgan fingerprint density at radius 3 is 2.67 bits per heavy atom. The predicted octanol–water partition coefficient (Wildman–Crippen LogP) is 4.50. The smallest absolute Gasteiger partial charge is 0.274 e. The van der Waals surface area contributed by atoms with Crippen molar-refractivity contribution in [3.05, 3.63) is 89.7 Å². The summed E-state index contributed by atoms with van der Waals surface area (Å²) in [6.45, 7) is 0.747. The van der Waals surface area contributed by atoms with Crippen molar-refractivity contribution in [2.75, 3.05) is 5.32 Å². The minimum atomic E-state index is -0.157.